The number of ether oxygens (including phenoxy) is 1. The number of halogens is 1. The Bertz CT molecular complexity index is 1240. The van der Waals surface area contributed by atoms with Crippen LogP contribution in [0.25, 0.3) is 11.3 Å². The molecule has 0 radical (unpaired) electrons. The summed E-state index contributed by atoms with van der Waals surface area (Å²) in [6.45, 7) is 0.755. The number of nitrogens with zero attached hydrogens (tertiary/aromatic N) is 4. The molecule has 10 nitrogen and oxygen atoms in total. The highest BCUT2D eigenvalue weighted by Crippen LogP contribution is 2.33. The van der Waals surface area contributed by atoms with E-state index < -0.39 is 5.91 Å². The van der Waals surface area contributed by atoms with Crippen LogP contribution in [0.15, 0.2) is 54.7 Å². The van der Waals surface area contributed by atoms with Gasteiger partial charge < -0.3 is 26.2 Å². The van der Waals surface area contributed by atoms with E-state index in [9.17, 15) is 9.59 Å². The molecule has 3 heterocycles. The molecule has 1 fully saturated rings. The second kappa shape index (κ2) is 10.6. The highest BCUT2D eigenvalue weighted by atomic mass is 35.5. The van der Waals surface area contributed by atoms with E-state index in [4.69, 9.17) is 32.9 Å². The van der Waals surface area contributed by atoms with Gasteiger partial charge in [0.1, 0.15) is 22.8 Å². The van der Waals surface area contributed by atoms with Gasteiger partial charge >= 0.3 is 0 Å². The number of aromatic nitrogens is 3. The fourth-order valence-corrected chi connectivity index (χ4v) is 4.12. The van der Waals surface area contributed by atoms with Crippen LogP contribution in [0.5, 0.6) is 11.6 Å². The summed E-state index contributed by atoms with van der Waals surface area (Å²) >= 11 is 5.85. The minimum atomic E-state index is -0.691. The van der Waals surface area contributed by atoms with Crippen molar-refractivity contribution in [2.24, 2.45) is 5.73 Å². The molecule has 2 amide bonds. The SMILES string of the molecule is NC(=O)c1c(-c2ccc(Oc3ccc(Cl)cn3)cc2)nn([C@@H]2CCCN(C(=O)/C=C/CO)C2)c1N. The van der Waals surface area contributed by atoms with Crippen LogP contribution in [0.2, 0.25) is 5.02 Å². The van der Waals surface area contributed by atoms with Gasteiger partial charge in [-0.05, 0) is 43.2 Å². The van der Waals surface area contributed by atoms with Crippen LogP contribution in [0.4, 0.5) is 5.82 Å². The molecule has 1 atom stereocenters. The molecule has 1 aliphatic heterocycles. The van der Waals surface area contributed by atoms with Crippen molar-refractivity contribution in [3.63, 3.8) is 0 Å². The van der Waals surface area contributed by atoms with E-state index in [1.807, 2.05) is 0 Å². The molecule has 0 bridgehead atoms. The van der Waals surface area contributed by atoms with Gasteiger partial charge in [-0.2, -0.15) is 5.10 Å². The summed E-state index contributed by atoms with van der Waals surface area (Å²) < 4.78 is 7.29. The fourth-order valence-electron chi connectivity index (χ4n) is 4.01. The summed E-state index contributed by atoms with van der Waals surface area (Å²) in [5.41, 5.74) is 13.1. The zero-order valence-corrected chi connectivity index (χ0v) is 19.6. The maximum absolute atomic E-state index is 12.4. The maximum Gasteiger partial charge on any atom is 0.254 e. The molecule has 182 valence electrons. The highest BCUT2D eigenvalue weighted by Gasteiger charge is 2.29. The first-order valence-corrected chi connectivity index (χ1v) is 11.4. The third-order valence-corrected chi connectivity index (χ3v) is 5.89. The van der Waals surface area contributed by atoms with Crippen molar-refractivity contribution in [1.82, 2.24) is 19.7 Å². The molecule has 1 saturated heterocycles. The summed E-state index contributed by atoms with van der Waals surface area (Å²) in [6.07, 6.45) is 5.71. The number of benzene rings is 1. The van der Waals surface area contributed by atoms with E-state index >= 15 is 0 Å². The lowest BCUT2D eigenvalue weighted by molar-refractivity contribution is -0.127. The van der Waals surface area contributed by atoms with Gasteiger partial charge in [-0.3, -0.25) is 9.59 Å². The number of nitrogen functional groups attached to an aromatic ring is 1. The van der Waals surface area contributed by atoms with Crippen LogP contribution < -0.4 is 16.2 Å². The van der Waals surface area contributed by atoms with Crippen molar-refractivity contribution in [3.8, 4) is 22.9 Å². The van der Waals surface area contributed by atoms with Gasteiger partial charge in [-0.25, -0.2) is 9.67 Å². The number of carbonyl (C=O) groups excluding carboxylic acids is 2. The summed E-state index contributed by atoms with van der Waals surface area (Å²) in [5.74, 6) is 0.191. The van der Waals surface area contributed by atoms with Crippen molar-refractivity contribution in [1.29, 1.82) is 0 Å². The van der Waals surface area contributed by atoms with Gasteiger partial charge in [-0.1, -0.05) is 17.7 Å². The molecule has 0 spiro atoms. The second-order valence-electron chi connectivity index (χ2n) is 8.02. The Morgan fingerprint density at radius 1 is 1.23 bits per heavy atom. The molecule has 1 aromatic carbocycles. The van der Waals surface area contributed by atoms with Gasteiger partial charge in [0.25, 0.3) is 5.91 Å². The van der Waals surface area contributed by atoms with Crippen molar-refractivity contribution < 1.29 is 19.4 Å². The lowest BCUT2D eigenvalue weighted by Gasteiger charge is -2.32. The van der Waals surface area contributed by atoms with Gasteiger partial charge in [0.05, 0.1) is 17.7 Å². The fraction of sp³-hybridized carbons (Fsp3) is 0.250. The molecule has 5 N–H and O–H groups in total. The predicted molar refractivity (Wildman–Crippen MR) is 131 cm³/mol. The second-order valence-corrected chi connectivity index (χ2v) is 8.46. The van der Waals surface area contributed by atoms with E-state index in [-0.39, 0.29) is 29.9 Å². The molecule has 3 aromatic rings. The lowest BCUT2D eigenvalue weighted by Crippen LogP contribution is -2.40. The van der Waals surface area contributed by atoms with Crippen LogP contribution in [-0.4, -0.2) is 56.3 Å². The van der Waals surface area contributed by atoms with Crippen molar-refractivity contribution in [2.75, 3.05) is 25.4 Å². The zero-order valence-electron chi connectivity index (χ0n) is 18.8. The Labute approximate surface area is 206 Å². The first-order chi connectivity index (χ1) is 16.9. The number of aliphatic hydroxyl groups excluding tert-OH is 1. The third-order valence-electron chi connectivity index (χ3n) is 5.66. The highest BCUT2D eigenvalue weighted by molar-refractivity contribution is 6.30. The topological polar surface area (TPSA) is 150 Å². The summed E-state index contributed by atoms with van der Waals surface area (Å²) in [6, 6.07) is 10.1. The minimum Gasteiger partial charge on any atom is -0.439 e. The largest absolute Gasteiger partial charge is 0.439 e. The molecule has 11 heteroatoms. The van der Waals surface area contributed by atoms with E-state index in [2.05, 4.69) is 10.1 Å². The Morgan fingerprint density at radius 3 is 2.66 bits per heavy atom. The number of pyridine rings is 1. The van der Waals surface area contributed by atoms with Gasteiger partial charge in [-0.15, -0.1) is 0 Å². The van der Waals surface area contributed by atoms with Gasteiger partial charge in [0.15, 0.2) is 0 Å². The third kappa shape index (κ3) is 5.44. The molecular formula is C24H25ClN6O4. The first-order valence-electron chi connectivity index (χ1n) is 11.0. The normalized spacial score (nSPS) is 15.9. The molecule has 35 heavy (non-hydrogen) atoms. The van der Waals surface area contributed by atoms with E-state index in [0.717, 1.165) is 12.8 Å². The van der Waals surface area contributed by atoms with Crippen LogP contribution >= 0.6 is 11.6 Å². The Hall–Kier alpha value is -3.89. The monoisotopic (exact) mass is 496 g/mol. The van der Waals surface area contributed by atoms with Crippen LogP contribution in [0.3, 0.4) is 0 Å². The number of aliphatic hydroxyl groups is 1. The Kier molecular flexibility index (Phi) is 7.33. The molecule has 1 aliphatic rings. The molecule has 0 unspecified atom stereocenters. The van der Waals surface area contributed by atoms with Crippen molar-refractivity contribution in [3.05, 3.63) is 65.3 Å². The lowest BCUT2D eigenvalue weighted by atomic mass is 10.1. The van der Waals surface area contributed by atoms with Crippen molar-refractivity contribution >= 4 is 29.2 Å². The Morgan fingerprint density at radius 2 is 2.00 bits per heavy atom. The molecule has 0 aliphatic carbocycles. The van der Waals surface area contributed by atoms with E-state index in [0.29, 0.717) is 41.0 Å². The number of primary amides is 1. The first kappa shape index (κ1) is 24.2. The Balaban J connectivity index is 1.59. The predicted octanol–water partition coefficient (Wildman–Crippen LogP) is 2.78. The zero-order chi connectivity index (χ0) is 24.9. The summed E-state index contributed by atoms with van der Waals surface area (Å²) in [7, 11) is 0. The number of nitrogens with two attached hydrogens (primary N) is 2. The van der Waals surface area contributed by atoms with Crippen molar-refractivity contribution in [2.45, 2.75) is 18.9 Å². The van der Waals surface area contributed by atoms with E-state index in [1.165, 1.54) is 18.3 Å². The quantitative estimate of drug-likeness (QED) is 0.425. The minimum absolute atomic E-state index is 0.127. The van der Waals surface area contributed by atoms with Crippen LogP contribution in [0, 0.1) is 0 Å². The average molecular weight is 497 g/mol. The standard InChI is InChI=1S/C24H25ClN6O4/c25-16-7-10-19(28-13-16)35-18-8-5-15(6-9-18)22-21(24(27)34)23(26)31(29-22)17-3-1-11-30(14-17)20(33)4-2-12-32/h2,4-10,13,17,32H,1,3,11-12,14,26H2,(H2,27,34)/b4-2+/t17-/m1/s1. The van der Waals surface area contributed by atoms with Gasteiger partial charge in [0, 0.05) is 37.0 Å². The number of piperidine rings is 1. The van der Waals surface area contributed by atoms with Crippen LogP contribution in [0.1, 0.15) is 29.2 Å². The molecule has 0 saturated carbocycles. The smallest absolute Gasteiger partial charge is 0.254 e. The molecule has 4 rings (SSSR count). The number of anilines is 1. The number of hydrogen-bond acceptors (Lipinski definition) is 7. The van der Waals surface area contributed by atoms with E-state index in [1.54, 1.807) is 46.0 Å². The molecule has 2 aromatic heterocycles. The maximum atomic E-state index is 12.4. The van der Waals surface area contributed by atoms with Crippen LogP contribution in [-0.2, 0) is 4.79 Å². The molecular weight excluding hydrogens is 472 g/mol. The summed E-state index contributed by atoms with van der Waals surface area (Å²) in [5, 5.41) is 14.1. The number of rotatable bonds is 7. The number of hydrogen-bond donors (Lipinski definition) is 3. The summed E-state index contributed by atoms with van der Waals surface area (Å²) in [4.78, 5) is 30.4. The number of amides is 2. The average Bonchev–Trinajstić information content (AvgIpc) is 3.21. The van der Waals surface area contributed by atoms with Gasteiger partial charge in [0.2, 0.25) is 11.8 Å². The number of carbonyl (C=O) groups is 2. The number of likely N-dealkylation sites (tertiary alicyclic amines) is 1.